The topological polar surface area (TPSA) is 103 Å². The van der Waals surface area contributed by atoms with Crippen LogP contribution in [0.25, 0.3) is 0 Å². The molecule has 1 heterocycles. The number of halogens is 1. The molecule has 0 spiro atoms. The average Bonchev–Trinajstić information content (AvgIpc) is 2.43. The molecule has 0 aromatic carbocycles. The Bertz CT molecular complexity index is 394. The van der Waals surface area contributed by atoms with Crippen LogP contribution in [-0.4, -0.2) is 36.5 Å². The van der Waals surface area contributed by atoms with E-state index >= 15 is 0 Å². The van der Waals surface area contributed by atoms with Gasteiger partial charge < -0.3 is 5.73 Å². The van der Waals surface area contributed by atoms with Crippen molar-refractivity contribution < 1.29 is 8.42 Å². The molecule has 0 atom stereocenters. The van der Waals surface area contributed by atoms with Crippen molar-refractivity contribution in [2.24, 2.45) is 12.8 Å². The summed E-state index contributed by atoms with van der Waals surface area (Å²) in [7, 11) is -2.08. The van der Waals surface area contributed by atoms with Crippen LogP contribution in [0.3, 0.4) is 0 Å². The fourth-order valence-electron chi connectivity index (χ4n) is 0.870. The van der Waals surface area contributed by atoms with Gasteiger partial charge in [-0.3, -0.25) is 0 Å². The number of hydrogen-bond donors (Lipinski definition) is 2. The largest absolute Gasteiger partial charge is 0.329 e. The Balaban J connectivity index is 3.04. The monoisotopic (exact) mass is 283 g/mol. The van der Waals surface area contributed by atoms with E-state index in [1.165, 1.54) is 11.7 Å². The van der Waals surface area contributed by atoms with Gasteiger partial charge in [0.2, 0.25) is 5.03 Å². The first-order valence-corrected chi connectivity index (χ1v) is 6.01. The third-order valence-electron chi connectivity index (χ3n) is 1.43. The molecule has 14 heavy (non-hydrogen) atoms. The number of sulfonamides is 1. The van der Waals surface area contributed by atoms with Gasteiger partial charge in [0.25, 0.3) is 10.0 Å². The van der Waals surface area contributed by atoms with E-state index in [1.807, 2.05) is 0 Å². The highest BCUT2D eigenvalue weighted by molar-refractivity contribution is 9.10. The van der Waals surface area contributed by atoms with E-state index in [0.717, 1.165) is 0 Å². The minimum atomic E-state index is -3.58. The summed E-state index contributed by atoms with van der Waals surface area (Å²) in [5.74, 6) is 0. The van der Waals surface area contributed by atoms with E-state index in [-0.39, 0.29) is 22.7 Å². The first-order valence-electron chi connectivity index (χ1n) is 3.74. The first-order chi connectivity index (χ1) is 6.49. The summed E-state index contributed by atoms with van der Waals surface area (Å²) >= 11 is 3.00. The third kappa shape index (κ3) is 2.29. The molecule has 80 valence electrons. The van der Waals surface area contributed by atoms with Crippen molar-refractivity contribution >= 4 is 26.0 Å². The predicted octanol–water partition coefficient (Wildman–Crippen LogP) is -1.19. The average molecular weight is 284 g/mol. The molecule has 0 saturated heterocycles. The van der Waals surface area contributed by atoms with E-state index in [0.29, 0.717) is 0 Å². The molecular weight excluding hydrogens is 274 g/mol. The van der Waals surface area contributed by atoms with Gasteiger partial charge in [-0.2, -0.15) is 0 Å². The minimum absolute atomic E-state index is 0.00838. The third-order valence-corrected chi connectivity index (χ3v) is 3.78. The van der Waals surface area contributed by atoms with Crippen LogP contribution in [-0.2, 0) is 17.1 Å². The van der Waals surface area contributed by atoms with E-state index < -0.39 is 10.0 Å². The lowest BCUT2D eigenvalue weighted by molar-refractivity contribution is 0.561. The summed E-state index contributed by atoms with van der Waals surface area (Å²) in [4.78, 5) is 0. The highest BCUT2D eigenvalue weighted by Gasteiger charge is 2.22. The van der Waals surface area contributed by atoms with Crippen molar-refractivity contribution in [3.05, 3.63) is 4.60 Å². The van der Waals surface area contributed by atoms with Crippen LogP contribution in [0.2, 0.25) is 0 Å². The van der Waals surface area contributed by atoms with Gasteiger partial charge in [-0.25, -0.2) is 17.8 Å². The van der Waals surface area contributed by atoms with Gasteiger partial charge in [0.15, 0.2) is 4.60 Å². The maximum Gasteiger partial charge on any atom is 0.260 e. The molecule has 0 bridgehead atoms. The first kappa shape index (κ1) is 11.6. The van der Waals surface area contributed by atoms with Crippen LogP contribution in [0, 0.1) is 0 Å². The van der Waals surface area contributed by atoms with E-state index in [1.54, 1.807) is 0 Å². The van der Waals surface area contributed by atoms with Gasteiger partial charge in [0, 0.05) is 20.1 Å². The fourth-order valence-corrected chi connectivity index (χ4v) is 3.01. The standard InChI is InChI=1S/C5H10BrN5O2S/c1-11-5(4(6)9-10-11)14(12,13)8-3-2-7/h8H,2-3,7H2,1H3. The number of nitrogens with one attached hydrogen (secondary N) is 1. The molecule has 0 aliphatic heterocycles. The van der Waals surface area contributed by atoms with Crippen molar-refractivity contribution in [3.8, 4) is 0 Å². The Morgan fingerprint density at radius 2 is 2.29 bits per heavy atom. The van der Waals surface area contributed by atoms with Crippen molar-refractivity contribution in [3.63, 3.8) is 0 Å². The maximum absolute atomic E-state index is 11.6. The lowest BCUT2D eigenvalue weighted by atomic mass is 10.7. The summed E-state index contributed by atoms with van der Waals surface area (Å²) in [5.41, 5.74) is 5.19. The van der Waals surface area contributed by atoms with E-state index in [4.69, 9.17) is 5.73 Å². The lowest BCUT2D eigenvalue weighted by Gasteiger charge is -2.04. The van der Waals surface area contributed by atoms with E-state index in [9.17, 15) is 8.42 Å². The summed E-state index contributed by atoms with van der Waals surface area (Å²) in [5, 5.41) is 7.12. The number of nitrogens with zero attached hydrogens (tertiary/aromatic N) is 3. The molecule has 0 aliphatic rings. The van der Waals surface area contributed by atoms with Crippen LogP contribution < -0.4 is 10.5 Å². The second-order valence-corrected chi connectivity index (χ2v) is 4.93. The number of hydrogen-bond acceptors (Lipinski definition) is 5. The smallest absolute Gasteiger partial charge is 0.260 e. The summed E-state index contributed by atoms with van der Waals surface area (Å²) in [6, 6.07) is 0. The molecule has 0 radical (unpaired) electrons. The van der Waals surface area contributed by atoms with Crippen molar-refractivity contribution in [1.82, 2.24) is 19.7 Å². The van der Waals surface area contributed by atoms with Crippen LogP contribution in [0.5, 0.6) is 0 Å². The van der Waals surface area contributed by atoms with Crippen molar-refractivity contribution in [2.45, 2.75) is 5.03 Å². The van der Waals surface area contributed by atoms with E-state index in [2.05, 4.69) is 31.0 Å². The summed E-state index contributed by atoms with van der Waals surface area (Å²) in [6.07, 6.45) is 0. The Morgan fingerprint density at radius 3 is 2.71 bits per heavy atom. The predicted molar refractivity (Wildman–Crippen MR) is 52.9 cm³/mol. The highest BCUT2D eigenvalue weighted by Crippen LogP contribution is 2.16. The molecule has 0 unspecified atom stereocenters. The van der Waals surface area contributed by atoms with Crippen molar-refractivity contribution in [1.29, 1.82) is 0 Å². The molecule has 0 amide bonds. The highest BCUT2D eigenvalue weighted by atomic mass is 79.9. The Kier molecular flexibility index (Phi) is 3.59. The number of aromatic nitrogens is 3. The van der Waals surface area contributed by atoms with Gasteiger partial charge in [0.05, 0.1) is 0 Å². The molecule has 9 heteroatoms. The van der Waals surface area contributed by atoms with Crippen LogP contribution in [0.15, 0.2) is 9.63 Å². The fraction of sp³-hybridized carbons (Fsp3) is 0.600. The molecule has 7 nitrogen and oxygen atoms in total. The molecule has 0 saturated carbocycles. The quantitative estimate of drug-likeness (QED) is 0.724. The Labute approximate surface area is 89.8 Å². The minimum Gasteiger partial charge on any atom is -0.329 e. The van der Waals surface area contributed by atoms with Crippen LogP contribution >= 0.6 is 15.9 Å². The Hall–Kier alpha value is -0.510. The zero-order valence-corrected chi connectivity index (χ0v) is 9.84. The van der Waals surface area contributed by atoms with Gasteiger partial charge in [-0.05, 0) is 15.9 Å². The second-order valence-electron chi connectivity index (χ2n) is 2.50. The van der Waals surface area contributed by atoms with Crippen molar-refractivity contribution in [2.75, 3.05) is 13.1 Å². The summed E-state index contributed by atoms with van der Waals surface area (Å²) < 4.78 is 26.9. The molecule has 1 aromatic heterocycles. The maximum atomic E-state index is 11.6. The van der Waals surface area contributed by atoms with Gasteiger partial charge in [0.1, 0.15) is 0 Å². The van der Waals surface area contributed by atoms with Crippen LogP contribution in [0.4, 0.5) is 0 Å². The van der Waals surface area contributed by atoms with Gasteiger partial charge >= 0.3 is 0 Å². The normalized spacial score (nSPS) is 11.9. The molecule has 3 N–H and O–H groups in total. The number of nitrogens with two attached hydrogens (primary N) is 1. The van der Waals surface area contributed by atoms with Gasteiger partial charge in [-0.1, -0.05) is 5.21 Å². The zero-order chi connectivity index (χ0) is 10.8. The summed E-state index contributed by atoms with van der Waals surface area (Å²) in [6.45, 7) is 0.419. The Morgan fingerprint density at radius 1 is 1.64 bits per heavy atom. The number of aryl methyl sites for hydroxylation is 1. The zero-order valence-electron chi connectivity index (χ0n) is 7.44. The van der Waals surface area contributed by atoms with Gasteiger partial charge in [-0.15, -0.1) is 5.10 Å². The molecule has 1 aromatic rings. The molecular formula is C5H10BrN5O2S. The molecule has 0 fully saturated rings. The second kappa shape index (κ2) is 4.34. The molecule has 1 rings (SSSR count). The molecule has 0 aliphatic carbocycles. The number of rotatable bonds is 4. The lowest BCUT2D eigenvalue weighted by Crippen LogP contribution is -2.30. The SMILES string of the molecule is Cn1nnc(Br)c1S(=O)(=O)NCCN. The van der Waals surface area contributed by atoms with Crippen LogP contribution in [0.1, 0.15) is 0 Å².